The third-order valence-electron chi connectivity index (χ3n) is 6.12. The highest BCUT2D eigenvalue weighted by molar-refractivity contribution is 5.98. The molecule has 1 amide bonds. The van der Waals surface area contributed by atoms with Crippen LogP contribution in [0, 0.1) is 0 Å². The normalized spacial score (nSPS) is 16.0. The van der Waals surface area contributed by atoms with Gasteiger partial charge in [0, 0.05) is 25.1 Å². The van der Waals surface area contributed by atoms with Gasteiger partial charge in [-0.15, -0.1) is 0 Å². The number of H-pyrrole nitrogens is 1. The number of nitrogens with zero attached hydrogens (tertiary/aromatic N) is 4. The van der Waals surface area contributed by atoms with E-state index < -0.39 is 5.69 Å². The van der Waals surface area contributed by atoms with Crippen LogP contribution in [0.4, 0.5) is 5.82 Å². The van der Waals surface area contributed by atoms with Crippen LogP contribution in [0.5, 0.6) is 11.5 Å². The number of ether oxygens (including phenoxy) is 1. The number of carbonyl (C=O) groups is 1. The van der Waals surface area contributed by atoms with Crippen molar-refractivity contribution < 1.29 is 9.53 Å². The van der Waals surface area contributed by atoms with Crippen molar-refractivity contribution >= 4 is 22.8 Å². The van der Waals surface area contributed by atoms with E-state index in [1.54, 1.807) is 4.68 Å². The van der Waals surface area contributed by atoms with Gasteiger partial charge in [0.15, 0.2) is 0 Å². The molecular formula is C25H26N6O3. The summed E-state index contributed by atoms with van der Waals surface area (Å²) in [4.78, 5) is 33.0. The number of carbonyl (C=O) groups excluding carboxylic acids is 1. The molecule has 4 aromatic rings. The fraction of sp³-hybridized carbons (Fsp3) is 0.280. The second kappa shape index (κ2) is 9.01. The van der Waals surface area contributed by atoms with Crippen LogP contribution >= 0.6 is 0 Å². The molecule has 1 aliphatic rings. The van der Waals surface area contributed by atoms with Crippen molar-refractivity contribution in [2.45, 2.75) is 32.2 Å². The van der Waals surface area contributed by atoms with Crippen molar-refractivity contribution in [1.82, 2.24) is 24.6 Å². The lowest BCUT2D eigenvalue weighted by Crippen LogP contribution is -2.40. The van der Waals surface area contributed by atoms with Gasteiger partial charge in [0.25, 0.3) is 0 Å². The Bertz CT molecular complexity index is 1380. The highest BCUT2D eigenvalue weighted by atomic mass is 16.5. The molecule has 34 heavy (non-hydrogen) atoms. The number of rotatable bonds is 5. The van der Waals surface area contributed by atoms with E-state index in [0.29, 0.717) is 35.4 Å². The molecule has 9 heteroatoms. The smallest absolute Gasteiger partial charge is 0.348 e. The highest BCUT2D eigenvalue weighted by Gasteiger charge is 2.28. The first kappa shape index (κ1) is 21.7. The summed E-state index contributed by atoms with van der Waals surface area (Å²) in [6.07, 6.45) is 2.17. The minimum absolute atomic E-state index is 0.0707. The van der Waals surface area contributed by atoms with Crippen molar-refractivity contribution in [3.05, 3.63) is 65.1 Å². The largest absolute Gasteiger partial charge is 0.457 e. The van der Waals surface area contributed by atoms with E-state index in [1.165, 1.54) is 0 Å². The van der Waals surface area contributed by atoms with Crippen molar-refractivity contribution in [3.63, 3.8) is 0 Å². The van der Waals surface area contributed by atoms with Gasteiger partial charge in [0.05, 0.1) is 11.4 Å². The summed E-state index contributed by atoms with van der Waals surface area (Å²) in [5.74, 6) is 1.69. The van der Waals surface area contributed by atoms with E-state index in [4.69, 9.17) is 15.6 Å². The summed E-state index contributed by atoms with van der Waals surface area (Å²) in [5, 5.41) is 5.46. The lowest BCUT2D eigenvalue weighted by atomic mass is 10.1. The number of aromatic amines is 1. The predicted octanol–water partition coefficient (Wildman–Crippen LogP) is 3.73. The molecule has 1 fully saturated rings. The molecule has 0 spiro atoms. The van der Waals surface area contributed by atoms with Gasteiger partial charge in [-0.2, -0.15) is 10.1 Å². The Labute approximate surface area is 196 Å². The molecule has 3 N–H and O–H groups in total. The van der Waals surface area contributed by atoms with Crippen LogP contribution in [0.2, 0.25) is 0 Å². The van der Waals surface area contributed by atoms with E-state index >= 15 is 0 Å². The molecule has 0 saturated carbocycles. The van der Waals surface area contributed by atoms with Crippen LogP contribution in [-0.2, 0) is 4.79 Å². The first-order valence-electron chi connectivity index (χ1n) is 11.4. The number of hydrogen-bond acceptors (Lipinski definition) is 6. The predicted molar refractivity (Wildman–Crippen MR) is 130 cm³/mol. The summed E-state index contributed by atoms with van der Waals surface area (Å²) in [6.45, 7) is 3.14. The van der Waals surface area contributed by atoms with E-state index in [0.717, 1.165) is 30.7 Å². The van der Waals surface area contributed by atoms with Crippen LogP contribution in [0.1, 0.15) is 32.2 Å². The average molecular weight is 459 g/mol. The Balaban J connectivity index is 1.53. The topological polar surface area (TPSA) is 119 Å². The minimum Gasteiger partial charge on any atom is -0.457 e. The highest BCUT2D eigenvalue weighted by Crippen LogP contribution is 2.34. The Morgan fingerprint density at radius 2 is 1.88 bits per heavy atom. The maximum absolute atomic E-state index is 12.3. The number of amides is 1. The molecule has 2 aromatic carbocycles. The molecule has 5 rings (SSSR count). The number of likely N-dealkylation sites (tertiary alicyclic amines) is 1. The summed E-state index contributed by atoms with van der Waals surface area (Å²) < 4.78 is 7.69. The second-order valence-corrected chi connectivity index (χ2v) is 8.37. The molecule has 1 unspecified atom stereocenters. The van der Waals surface area contributed by atoms with Crippen LogP contribution in [-0.4, -0.2) is 43.6 Å². The van der Waals surface area contributed by atoms with Crippen LogP contribution < -0.4 is 16.2 Å². The quantitative estimate of drug-likeness (QED) is 0.470. The van der Waals surface area contributed by atoms with Gasteiger partial charge in [0.2, 0.25) is 5.91 Å². The summed E-state index contributed by atoms with van der Waals surface area (Å²) in [7, 11) is 0. The van der Waals surface area contributed by atoms with Gasteiger partial charge in [-0.3, -0.25) is 9.78 Å². The summed E-state index contributed by atoms with van der Waals surface area (Å²) >= 11 is 0. The number of nitrogens with one attached hydrogen (secondary N) is 1. The Hall–Kier alpha value is -4.14. The van der Waals surface area contributed by atoms with E-state index in [1.807, 2.05) is 66.4 Å². The monoisotopic (exact) mass is 458 g/mol. The summed E-state index contributed by atoms with van der Waals surface area (Å²) in [6, 6.07) is 17.0. The number of nitrogens with two attached hydrogens (primary N) is 1. The third kappa shape index (κ3) is 4.12. The Kier molecular flexibility index (Phi) is 5.75. The lowest BCUT2D eigenvalue weighted by molar-refractivity contribution is -0.132. The number of hydrogen-bond donors (Lipinski definition) is 2. The molecule has 2 aromatic heterocycles. The van der Waals surface area contributed by atoms with Gasteiger partial charge in [-0.05, 0) is 49.2 Å². The number of aromatic nitrogens is 4. The first-order valence-corrected chi connectivity index (χ1v) is 11.4. The van der Waals surface area contributed by atoms with Crippen molar-refractivity contribution in [1.29, 1.82) is 0 Å². The first-order chi connectivity index (χ1) is 16.5. The van der Waals surface area contributed by atoms with Gasteiger partial charge in [-0.25, -0.2) is 9.48 Å². The zero-order valence-corrected chi connectivity index (χ0v) is 18.9. The van der Waals surface area contributed by atoms with Gasteiger partial charge >= 0.3 is 5.69 Å². The lowest BCUT2D eigenvalue weighted by Gasteiger charge is -2.32. The molecule has 0 radical (unpaired) electrons. The third-order valence-corrected chi connectivity index (χ3v) is 6.12. The van der Waals surface area contributed by atoms with Crippen molar-refractivity contribution in [3.8, 4) is 22.8 Å². The average Bonchev–Trinajstić information content (AvgIpc) is 3.24. The van der Waals surface area contributed by atoms with E-state index in [-0.39, 0.29) is 17.8 Å². The molecule has 3 heterocycles. The molecule has 0 bridgehead atoms. The fourth-order valence-corrected chi connectivity index (χ4v) is 4.47. The van der Waals surface area contributed by atoms with Crippen molar-refractivity contribution in [2.75, 3.05) is 18.8 Å². The minimum atomic E-state index is -0.526. The fourth-order valence-electron chi connectivity index (χ4n) is 4.47. The molecule has 1 saturated heterocycles. The maximum atomic E-state index is 12.3. The maximum Gasteiger partial charge on any atom is 0.348 e. The second-order valence-electron chi connectivity index (χ2n) is 8.37. The van der Waals surface area contributed by atoms with Crippen LogP contribution in [0.15, 0.2) is 59.4 Å². The molecular weight excluding hydrogens is 432 g/mol. The number of fused-ring (bicyclic) bond motifs is 1. The van der Waals surface area contributed by atoms with E-state index in [9.17, 15) is 9.59 Å². The zero-order valence-electron chi connectivity index (χ0n) is 18.9. The Morgan fingerprint density at radius 1 is 1.15 bits per heavy atom. The van der Waals surface area contributed by atoms with Gasteiger partial charge in [0.1, 0.15) is 28.7 Å². The number of anilines is 1. The van der Waals surface area contributed by atoms with Crippen LogP contribution in [0.3, 0.4) is 0 Å². The Morgan fingerprint density at radius 3 is 2.62 bits per heavy atom. The van der Waals surface area contributed by atoms with Crippen LogP contribution in [0.25, 0.3) is 22.3 Å². The number of nitrogen functional groups attached to an aromatic ring is 1. The van der Waals surface area contributed by atoms with Gasteiger partial charge < -0.3 is 15.4 Å². The van der Waals surface area contributed by atoms with Gasteiger partial charge in [-0.1, -0.05) is 25.1 Å². The molecule has 1 atom stereocenters. The standard InChI is InChI=1S/C25H26N6O3/c1-2-20(32)30-14-6-7-17(15-30)31-24-21(23(26)27-25(33)28-24)22(29-31)16-10-12-19(13-11-16)34-18-8-4-3-5-9-18/h3-5,8-13,17H,2,6-7,14-15H2,1H3,(H3,26,27,28,33). The number of benzene rings is 2. The number of para-hydroxylation sites is 1. The molecule has 1 aliphatic heterocycles. The van der Waals surface area contributed by atoms with Crippen molar-refractivity contribution in [2.24, 2.45) is 0 Å². The summed E-state index contributed by atoms with van der Waals surface area (Å²) in [5.41, 5.74) is 7.64. The molecule has 0 aliphatic carbocycles. The number of piperidine rings is 1. The molecule has 9 nitrogen and oxygen atoms in total. The van der Waals surface area contributed by atoms with E-state index in [2.05, 4.69) is 9.97 Å². The SMILES string of the molecule is CCC(=O)N1CCCC(n2nc(-c3ccc(Oc4ccccc4)cc3)c3c(N)nc(=O)[nH]c32)C1. The molecule has 174 valence electrons. The zero-order chi connectivity index (χ0) is 23.7.